The van der Waals surface area contributed by atoms with Crippen LogP contribution in [0.3, 0.4) is 0 Å². The molecule has 0 amide bonds. The SMILES string of the molecule is CN1CNNC1[C@H](C1CCC1)C1CCCC(n2cc3c(C(F)(F)F)cccn3c2=O)C1. The Morgan fingerprint density at radius 2 is 1.87 bits per heavy atom. The predicted octanol–water partition coefficient (Wildman–Crippen LogP) is 3.59. The van der Waals surface area contributed by atoms with Crippen molar-refractivity contribution in [2.24, 2.45) is 17.8 Å². The smallest absolute Gasteiger partial charge is 0.295 e. The third-order valence-electron chi connectivity index (χ3n) is 7.76. The molecule has 3 unspecified atom stereocenters. The monoisotopic (exact) mass is 437 g/mol. The minimum Gasteiger partial charge on any atom is -0.295 e. The van der Waals surface area contributed by atoms with E-state index in [4.69, 9.17) is 0 Å². The van der Waals surface area contributed by atoms with E-state index >= 15 is 0 Å². The number of rotatable bonds is 4. The van der Waals surface area contributed by atoms with Gasteiger partial charge in [0, 0.05) is 18.4 Å². The number of aromatic nitrogens is 2. The molecule has 2 aliphatic carbocycles. The van der Waals surface area contributed by atoms with Crippen molar-refractivity contribution in [1.29, 1.82) is 0 Å². The molecule has 0 radical (unpaired) electrons. The summed E-state index contributed by atoms with van der Waals surface area (Å²) in [6.07, 6.45) is 6.16. The zero-order chi connectivity index (χ0) is 21.8. The second-order valence-electron chi connectivity index (χ2n) is 9.52. The number of nitrogens with zero attached hydrogens (tertiary/aromatic N) is 3. The Bertz CT molecular complexity index is 995. The fourth-order valence-corrected chi connectivity index (χ4v) is 6.03. The number of fused-ring (bicyclic) bond motifs is 1. The topological polar surface area (TPSA) is 53.7 Å². The van der Waals surface area contributed by atoms with Gasteiger partial charge in [0.1, 0.15) is 0 Å². The molecule has 0 bridgehead atoms. The average Bonchev–Trinajstić information content (AvgIpc) is 3.27. The minimum atomic E-state index is -4.48. The Balaban J connectivity index is 1.46. The highest BCUT2D eigenvalue weighted by atomic mass is 19.4. The van der Waals surface area contributed by atoms with Gasteiger partial charge in [-0.25, -0.2) is 15.6 Å². The number of imidazole rings is 1. The van der Waals surface area contributed by atoms with Crippen LogP contribution < -0.4 is 16.5 Å². The van der Waals surface area contributed by atoms with Crippen molar-refractivity contribution in [3.63, 3.8) is 0 Å². The van der Waals surface area contributed by atoms with E-state index in [0.717, 1.165) is 42.8 Å². The molecule has 3 aliphatic rings. The maximum atomic E-state index is 13.5. The molecular weight excluding hydrogens is 407 g/mol. The Morgan fingerprint density at radius 1 is 1.13 bits per heavy atom. The van der Waals surface area contributed by atoms with Crippen LogP contribution in [0.4, 0.5) is 13.2 Å². The lowest BCUT2D eigenvalue weighted by atomic mass is 9.65. The molecule has 2 aromatic rings. The van der Waals surface area contributed by atoms with Crippen molar-refractivity contribution in [3.8, 4) is 0 Å². The number of nitrogens with one attached hydrogen (secondary N) is 2. The van der Waals surface area contributed by atoms with Crippen LogP contribution in [0.5, 0.6) is 0 Å². The lowest BCUT2D eigenvalue weighted by Crippen LogP contribution is -2.50. The van der Waals surface area contributed by atoms with Gasteiger partial charge >= 0.3 is 11.9 Å². The highest BCUT2D eigenvalue weighted by Crippen LogP contribution is 2.46. The largest absolute Gasteiger partial charge is 0.418 e. The van der Waals surface area contributed by atoms with E-state index in [1.54, 1.807) is 4.57 Å². The van der Waals surface area contributed by atoms with Crippen LogP contribution in [0.15, 0.2) is 29.3 Å². The summed E-state index contributed by atoms with van der Waals surface area (Å²) < 4.78 is 43.1. The number of halogens is 3. The van der Waals surface area contributed by atoms with E-state index in [2.05, 4.69) is 22.8 Å². The van der Waals surface area contributed by atoms with Crippen LogP contribution in [0, 0.1) is 17.8 Å². The second kappa shape index (κ2) is 7.94. The highest BCUT2D eigenvalue weighted by Gasteiger charge is 2.43. The molecule has 0 aromatic carbocycles. The Kier molecular flexibility index (Phi) is 5.38. The molecule has 4 atom stereocenters. The Hall–Kier alpha value is -1.84. The van der Waals surface area contributed by atoms with Crippen molar-refractivity contribution < 1.29 is 13.2 Å². The fraction of sp³-hybridized carbons (Fsp3) is 0.682. The number of hydrogen-bond acceptors (Lipinski definition) is 4. The molecular formula is C22H30F3N5O. The van der Waals surface area contributed by atoms with Gasteiger partial charge in [0.15, 0.2) is 0 Å². The lowest BCUT2D eigenvalue weighted by Gasteiger charge is -2.46. The van der Waals surface area contributed by atoms with Gasteiger partial charge in [0.05, 0.1) is 23.9 Å². The van der Waals surface area contributed by atoms with Crippen LogP contribution in [-0.4, -0.2) is 33.7 Å². The number of hydrogen-bond donors (Lipinski definition) is 2. The van der Waals surface area contributed by atoms with Gasteiger partial charge < -0.3 is 0 Å². The summed E-state index contributed by atoms with van der Waals surface area (Å²) in [6, 6.07) is 2.28. The highest BCUT2D eigenvalue weighted by molar-refractivity contribution is 5.55. The summed E-state index contributed by atoms with van der Waals surface area (Å²) in [6.45, 7) is 0.800. The summed E-state index contributed by atoms with van der Waals surface area (Å²) in [7, 11) is 2.12. The summed E-state index contributed by atoms with van der Waals surface area (Å²) in [4.78, 5) is 15.3. The minimum absolute atomic E-state index is 0.0564. The molecule has 2 aromatic heterocycles. The van der Waals surface area contributed by atoms with Gasteiger partial charge in [-0.05, 0) is 56.2 Å². The summed E-state index contributed by atoms with van der Waals surface area (Å²) >= 11 is 0. The number of alkyl halides is 3. The normalized spacial score (nSPS) is 29.4. The van der Waals surface area contributed by atoms with Gasteiger partial charge in [-0.3, -0.25) is 13.9 Å². The number of hydrazine groups is 1. The van der Waals surface area contributed by atoms with E-state index in [9.17, 15) is 18.0 Å². The zero-order valence-corrected chi connectivity index (χ0v) is 17.7. The molecule has 0 spiro atoms. The van der Waals surface area contributed by atoms with Gasteiger partial charge in [0.2, 0.25) is 0 Å². The molecule has 2 saturated carbocycles. The van der Waals surface area contributed by atoms with Crippen molar-refractivity contribution >= 4 is 5.52 Å². The molecule has 170 valence electrons. The molecule has 3 fully saturated rings. The van der Waals surface area contributed by atoms with E-state index in [1.807, 2.05) is 0 Å². The van der Waals surface area contributed by atoms with Crippen molar-refractivity contribution in [3.05, 3.63) is 40.6 Å². The molecule has 1 aliphatic heterocycles. The summed E-state index contributed by atoms with van der Waals surface area (Å²) in [5.41, 5.74) is 5.51. The van der Waals surface area contributed by atoms with Crippen LogP contribution in [-0.2, 0) is 6.18 Å². The van der Waals surface area contributed by atoms with Gasteiger partial charge in [-0.2, -0.15) is 13.2 Å². The fourth-order valence-electron chi connectivity index (χ4n) is 6.03. The van der Waals surface area contributed by atoms with Gasteiger partial charge in [-0.15, -0.1) is 0 Å². The van der Waals surface area contributed by atoms with Crippen molar-refractivity contribution in [2.45, 2.75) is 63.3 Å². The summed E-state index contributed by atoms with van der Waals surface area (Å²) in [5, 5.41) is 0. The molecule has 31 heavy (non-hydrogen) atoms. The van der Waals surface area contributed by atoms with E-state index < -0.39 is 11.7 Å². The molecule has 2 N–H and O–H groups in total. The first-order valence-electron chi connectivity index (χ1n) is 11.3. The molecule has 5 rings (SSSR count). The molecule has 1 saturated heterocycles. The van der Waals surface area contributed by atoms with Crippen molar-refractivity contribution in [2.75, 3.05) is 13.7 Å². The van der Waals surface area contributed by atoms with E-state index in [0.29, 0.717) is 17.8 Å². The summed E-state index contributed by atoms with van der Waals surface area (Å²) in [5.74, 6) is 1.60. The van der Waals surface area contributed by atoms with Crippen LogP contribution in [0.2, 0.25) is 0 Å². The third kappa shape index (κ3) is 3.70. The van der Waals surface area contributed by atoms with E-state index in [-0.39, 0.29) is 23.4 Å². The van der Waals surface area contributed by atoms with E-state index in [1.165, 1.54) is 37.7 Å². The maximum absolute atomic E-state index is 13.5. The standard InChI is InChI=1S/C22H30F3N5O/c1-28-13-26-27-20(28)19(14-5-2-6-14)15-7-3-8-16(11-15)30-12-18-17(22(23,24)25)9-4-10-29(18)21(30)31/h4,9-10,12,14-16,19-20,26-27H,2-3,5-8,11,13H2,1H3/t15?,16?,19-,20?/m1/s1. The first kappa shape index (κ1) is 21.0. The average molecular weight is 438 g/mol. The van der Waals surface area contributed by atoms with Crippen LogP contribution in [0.1, 0.15) is 56.6 Å². The quantitative estimate of drug-likeness (QED) is 0.768. The first-order chi connectivity index (χ1) is 14.8. The molecule has 6 nitrogen and oxygen atoms in total. The number of pyridine rings is 1. The van der Waals surface area contributed by atoms with Crippen molar-refractivity contribution in [1.82, 2.24) is 24.7 Å². The van der Waals surface area contributed by atoms with Crippen LogP contribution in [0.25, 0.3) is 5.52 Å². The van der Waals surface area contributed by atoms with Gasteiger partial charge in [-0.1, -0.05) is 25.7 Å². The zero-order valence-electron chi connectivity index (χ0n) is 17.7. The second-order valence-corrected chi connectivity index (χ2v) is 9.52. The van der Waals surface area contributed by atoms with Gasteiger partial charge in [0.25, 0.3) is 0 Å². The molecule has 3 heterocycles. The third-order valence-corrected chi connectivity index (χ3v) is 7.76. The maximum Gasteiger partial charge on any atom is 0.418 e. The molecule has 9 heteroatoms. The Morgan fingerprint density at radius 3 is 2.52 bits per heavy atom. The Labute approximate surface area is 179 Å². The lowest BCUT2D eigenvalue weighted by molar-refractivity contribution is -0.136. The predicted molar refractivity (Wildman–Crippen MR) is 111 cm³/mol. The first-order valence-corrected chi connectivity index (χ1v) is 11.3. The van der Waals surface area contributed by atoms with Crippen LogP contribution >= 0.6 is 0 Å².